The van der Waals surface area contributed by atoms with Crippen LogP contribution in [0.1, 0.15) is 35.3 Å². The molecule has 1 heterocycles. The molecule has 0 aliphatic heterocycles. The van der Waals surface area contributed by atoms with E-state index in [1.54, 1.807) is 0 Å². The fourth-order valence-electron chi connectivity index (χ4n) is 4.29. The number of carbonyl (C=O) groups excluding carboxylic acids is 3. The molecule has 0 spiro atoms. The molecule has 3 aromatic carbocycles. The van der Waals surface area contributed by atoms with Crippen LogP contribution in [0.5, 0.6) is 5.75 Å². The number of para-hydroxylation sites is 1. The lowest BCUT2D eigenvalue weighted by Crippen LogP contribution is -2.30. The average Bonchev–Trinajstić information content (AvgIpc) is 3.00. The van der Waals surface area contributed by atoms with Crippen molar-refractivity contribution in [1.29, 1.82) is 0 Å². The number of ether oxygens (including phenoxy) is 2. The van der Waals surface area contributed by atoms with Gasteiger partial charge in [0.1, 0.15) is 12.3 Å². The number of nitrogens with one attached hydrogen (secondary N) is 2. The van der Waals surface area contributed by atoms with E-state index in [1.165, 1.54) is 7.11 Å². The highest BCUT2D eigenvalue weighted by Gasteiger charge is 2.25. The Morgan fingerprint density at radius 2 is 1.57 bits per heavy atom. The van der Waals surface area contributed by atoms with Gasteiger partial charge in [0.15, 0.2) is 5.75 Å². The first-order valence-corrected chi connectivity index (χ1v) is 13.0. The Bertz CT molecular complexity index is 1500. The van der Waals surface area contributed by atoms with Crippen molar-refractivity contribution in [3.05, 3.63) is 108 Å². The van der Waals surface area contributed by atoms with Gasteiger partial charge in [0.25, 0.3) is 5.91 Å². The topological polar surface area (TPSA) is 107 Å². The molecule has 204 valence electrons. The van der Waals surface area contributed by atoms with Crippen molar-refractivity contribution in [2.24, 2.45) is 0 Å². The Hall–Kier alpha value is -4.98. The predicted octanol–water partition coefficient (Wildman–Crippen LogP) is 5.01. The van der Waals surface area contributed by atoms with Gasteiger partial charge in [0.05, 0.1) is 30.8 Å². The molecule has 0 aliphatic carbocycles. The number of hydrogen-bond donors (Lipinski definition) is 2. The zero-order valence-corrected chi connectivity index (χ0v) is 22.4. The van der Waals surface area contributed by atoms with E-state index in [9.17, 15) is 14.4 Å². The Morgan fingerprint density at radius 3 is 2.27 bits per heavy atom. The number of nitrogens with zero attached hydrogens (tertiary/aromatic N) is 1. The molecular formula is C32H31N3O5. The quantitative estimate of drug-likeness (QED) is 0.158. The zero-order valence-electron chi connectivity index (χ0n) is 22.4. The van der Waals surface area contributed by atoms with E-state index in [-0.39, 0.29) is 25.1 Å². The lowest BCUT2D eigenvalue weighted by Gasteiger charge is -2.21. The van der Waals surface area contributed by atoms with Gasteiger partial charge in [-0.1, -0.05) is 85.8 Å². The van der Waals surface area contributed by atoms with Crippen LogP contribution >= 0.6 is 0 Å². The lowest BCUT2D eigenvalue weighted by molar-refractivity contribution is -0.135. The Balaban J connectivity index is 1.70. The number of methoxy groups -OCH3 is 1. The van der Waals surface area contributed by atoms with Gasteiger partial charge < -0.3 is 20.1 Å². The smallest absolute Gasteiger partial charge is 0.330 e. The van der Waals surface area contributed by atoms with Crippen molar-refractivity contribution < 1.29 is 23.9 Å². The second kappa shape index (κ2) is 13.7. The van der Waals surface area contributed by atoms with Gasteiger partial charge in [-0.2, -0.15) is 0 Å². The van der Waals surface area contributed by atoms with Gasteiger partial charge in [-0.3, -0.25) is 9.59 Å². The second-order valence-corrected chi connectivity index (χ2v) is 8.89. The summed E-state index contributed by atoms with van der Waals surface area (Å²) in [7, 11) is 1.23. The Labute approximate surface area is 233 Å². The summed E-state index contributed by atoms with van der Waals surface area (Å²) >= 11 is 0. The maximum atomic E-state index is 14.0. The van der Waals surface area contributed by atoms with Crippen LogP contribution in [0.3, 0.4) is 0 Å². The third-order valence-corrected chi connectivity index (χ3v) is 6.26. The number of esters is 1. The molecule has 0 bridgehead atoms. The molecule has 0 saturated carbocycles. The number of benzene rings is 3. The van der Waals surface area contributed by atoms with Crippen LogP contribution in [0, 0.1) is 0 Å². The third-order valence-electron chi connectivity index (χ3n) is 6.26. The standard InChI is InChI=1S/C32H31N3O5/c1-3-25(22-12-6-4-7-13-22)35-32(38)29-24-16-10-11-17-26(24)34-30(23-14-8-5-9-15-23)31(29)40-21-20-33-27(36)18-19-28(37)39-2/h4-19,25H,3,20-21H2,1-2H3,(H,33,36)(H,35,38)/t25-/m0/s1. The third kappa shape index (κ3) is 6.91. The van der Waals surface area contributed by atoms with E-state index in [0.29, 0.717) is 34.3 Å². The zero-order chi connectivity index (χ0) is 28.3. The molecule has 40 heavy (non-hydrogen) atoms. The predicted molar refractivity (Wildman–Crippen MR) is 154 cm³/mol. The largest absolute Gasteiger partial charge is 0.489 e. The highest BCUT2D eigenvalue weighted by Crippen LogP contribution is 2.37. The van der Waals surface area contributed by atoms with Crippen LogP contribution in [0.15, 0.2) is 97.1 Å². The van der Waals surface area contributed by atoms with Crippen LogP contribution in [-0.4, -0.2) is 43.0 Å². The highest BCUT2D eigenvalue weighted by molar-refractivity contribution is 6.10. The van der Waals surface area contributed by atoms with E-state index < -0.39 is 11.9 Å². The van der Waals surface area contributed by atoms with Crippen LogP contribution in [-0.2, 0) is 14.3 Å². The van der Waals surface area contributed by atoms with Crippen molar-refractivity contribution in [1.82, 2.24) is 15.6 Å². The van der Waals surface area contributed by atoms with E-state index >= 15 is 0 Å². The average molecular weight is 538 g/mol. The fraction of sp³-hybridized carbons (Fsp3) is 0.188. The van der Waals surface area contributed by atoms with Gasteiger partial charge in [-0.15, -0.1) is 0 Å². The van der Waals surface area contributed by atoms with Crippen LogP contribution < -0.4 is 15.4 Å². The fourth-order valence-corrected chi connectivity index (χ4v) is 4.29. The summed E-state index contributed by atoms with van der Waals surface area (Å²) in [6.07, 6.45) is 2.83. The van der Waals surface area contributed by atoms with Gasteiger partial charge in [-0.25, -0.2) is 9.78 Å². The monoisotopic (exact) mass is 537 g/mol. The molecule has 2 amide bonds. The normalized spacial score (nSPS) is 11.7. The summed E-state index contributed by atoms with van der Waals surface area (Å²) in [5.41, 5.74) is 3.35. The summed E-state index contributed by atoms with van der Waals surface area (Å²) in [5, 5.41) is 6.50. The van der Waals surface area contributed by atoms with Crippen molar-refractivity contribution in [3.8, 4) is 17.0 Å². The minimum absolute atomic E-state index is 0.0633. The number of rotatable bonds is 11. The molecule has 4 aromatic rings. The highest BCUT2D eigenvalue weighted by atomic mass is 16.5. The SMILES string of the molecule is CC[C@H](NC(=O)c1c(OCCNC(=O)C=CC(=O)OC)c(-c2ccccc2)nc2ccccc12)c1ccccc1. The number of hydrogen-bond acceptors (Lipinski definition) is 6. The second-order valence-electron chi connectivity index (χ2n) is 8.89. The van der Waals surface area contributed by atoms with Crippen molar-refractivity contribution >= 4 is 28.7 Å². The lowest BCUT2D eigenvalue weighted by atomic mass is 10.00. The number of carbonyl (C=O) groups is 3. The van der Waals surface area contributed by atoms with Crippen molar-refractivity contribution in [2.75, 3.05) is 20.3 Å². The maximum Gasteiger partial charge on any atom is 0.330 e. The molecule has 0 unspecified atom stereocenters. The first-order valence-electron chi connectivity index (χ1n) is 13.0. The van der Waals surface area contributed by atoms with E-state index in [1.807, 2.05) is 91.9 Å². The van der Waals surface area contributed by atoms with Gasteiger partial charge in [-0.05, 0) is 18.1 Å². The minimum Gasteiger partial charge on any atom is -0.489 e. The number of pyridine rings is 1. The van der Waals surface area contributed by atoms with Crippen LogP contribution in [0.25, 0.3) is 22.2 Å². The molecule has 2 N–H and O–H groups in total. The molecule has 4 rings (SSSR count). The van der Waals surface area contributed by atoms with Gasteiger partial charge in [0, 0.05) is 23.1 Å². The van der Waals surface area contributed by atoms with Gasteiger partial charge in [0.2, 0.25) is 5.91 Å². The van der Waals surface area contributed by atoms with Gasteiger partial charge >= 0.3 is 5.97 Å². The molecule has 0 radical (unpaired) electrons. The van der Waals surface area contributed by atoms with Crippen LogP contribution in [0.2, 0.25) is 0 Å². The number of aromatic nitrogens is 1. The Kier molecular flexibility index (Phi) is 9.61. The minimum atomic E-state index is -0.627. The van der Waals surface area contributed by atoms with Crippen LogP contribution in [0.4, 0.5) is 0 Å². The molecule has 0 aliphatic rings. The summed E-state index contributed by atoms with van der Waals surface area (Å²) in [6, 6.07) is 26.6. The van der Waals surface area contributed by atoms with E-state index in [2.05, 4.69) is 15.4 Å². The molecule has 8 nitrogen and oxygen atoms in total. The maximum absolute atomic E-state index is 14.0. The molecule has 1 aromatic heterocycles. The number of fused-ring (bicyclic) bond motifs is 1. The van der Waals surface area contributed by atoms with Crippen molar-refractivity contribution in [3.63, 3.8) is 0 Å². The number of amides is 2. The summed E-state index contributed by atoms with van der Waals surface area (Å²) in [6.45, 7) is 2.22. The van der Waals surface area contributed by atoms with E-state index in [0.717, 1.165) is 23.3 Å². The first kappa shape index (κ1) is 28.0. The van der Waals surface area contributed by atoms with E-state index in [4.69, 9.17) is 9.72 Å². The van der Waals surface area contributed by atoms with Crippen molar-refractivity contribution in [2.45, 2.75) is 19.4 Å². The molecule has 8 heteroatoms. The molecule has 0 saturated heterocycles. The molecule has 0 fully saturated rings. The first-order chi connectivity index (χ1) is 19.5. The molecule has 1 atom stereocenters. The summed E-state index contributed by atoms with van der Waals surface area (Å²) in [4.78, 5) is 42.2. The summed E-state index contributed by atoms with van der Waals surface area (Å²) in [5.74, 6) is -1.06. The molecular weight excluding hydrogens is 506 g/mol. The Morgan fingerprint density at radius 1 is 0.900 bits per heavy atom. The summed E-state index contributed by atoms with van der Waals surface area (Å²) < 4.78 is 10.7.